The number of benzene rings is 2. The molecule has 106 valence electrons. The predicted molar refractivity (Wildman–Crippen MR) is 81.0 cm³/mol. The minimum absolute atomic E-state index is 0.315. The zero-order valence-corrected chi connectivity index (χ0v) is 12.3. The van der Waals surface area contributed by atoms with Crippen LogP contribution in [0.1, 0.15) is 22.3 Å². The van der Waals surface area contributed by atoms with E-state index < -0.39 is 10.8 Å². The van der Waals surface area contributed by atoms with Crippen LogP contribution in [0, 0.1) is 12.7 Å². The van der Waals surface area contributed by atoms with Gasteiger partial charge in [0.2, 0.25) is 0 Å². The molecule has 0 aliphatic heterocycles. The minimum atomic E-state index is -1.07. The van der Waals surface area contributed by atoms with Crippen LogP contribution in [0.5, 0.6) is 0 Å². The summed E-state index contributed by atoms with van der Waals surface area (Å²) >= 11 is 0. The average Bonchev–Trinajstić information content (AvgIpc) is 2.41. The molecule has 0 amide bonds. The molecule has 0 bridgehead atoms. The average molecular weight is 291 g/mol. The maximum atomic E-state index is 13.3. The topological polar surface area (TPSA) is 43.1 Å². The number of halogens is 1. The van der Waals surface area contributed by atoms with Crippen LogP contribution < -0.4 is 5.73 Å². The molecule has 1 atom stereocenters. The molecule has 0 aliphatic rings. The van der Waals surface area contributed by atoms with Crippen LogP contribution in [0.25, 0.3) is 0 Å². The maximum Gasteiger partial charge on any atom is 0.123 e. The molecule has 2 nitrogen and oxygen atoms in total. The van der Waals surface area contributed by atoms with E-state index >= 15 is 0 Å². The van der Waals surface area contributed by atoms with Crippen molar-refractivity contribution in [2.45, 2.75) is 25.0 Å². The van der Waals surface area contributed by atoms with Gasteiger partial charge in [-0.2, -0.15) is 0 Å². The first kappa shape index (κ1) is 14.9. The van der Waals surface area contributed by atoms with E-state index in [2.05, 4.69) is 0 Å². The lowest BCUT2D eigenvalue weighted by molar-refractivity contribution is 0.625. The number of nitrogens with two attached hydrogens (primary N) is 1. The Morgan fingerprint density at radius 1 is 1.05 bits per heavy atom. The van der Waals surface area contributed by atoms with Crippen LogP contribution in [0.3, 0.4) is 0 Å². The third kappa shape index (κ3) is 3.74. The van der Waals surface area contributed by atoms with Gasteiger partial charge < -0.3 is 5.73 Å². The summed E-state index contributed by atoms with van der Waals surface area (Å²) in [6, 6.07) is 12.3. The molecule has 2 N–H and O–H groups in total. The molecule has 0 fully saturated rings. The number of hydrogen-bond acceptors (Lipinski definition) is 2. The van der Waals surface area contributed by atoms with Crippen molar-refractivity contribution in [3.63, 3.8) is 0 Å². The Balaban J connectivity index is 2.12. The summed E-state index contributed by atoms with van der Waals surface area (Å²) in [7, 11) is -1.07. The van der Waals surface area contributed by atoms with E-state index in [0.717, 1.165) is 22.3 Å². The smallest absolute Gasteiger partial charge is 0.123 e. The molecule has 0 aromatic heterocycles. The first-order valence-electron chi connectivity index (χ1n) is 6.47. The third-order valence-electron chi connectivity index (χ3n) is 3.28. The van der Waals surface area contributed by atoms with Crippen LogP contribution in [-0.4, -0.2) is 4.21 Å². The summed E-state index contributed by atoms with van der Waals surface area (Å²) in [4.78, 5) is 0. The lowest BCUT2D eigenvalue weighted by Gasteiger charge is -2.09. The van der Waals surface area contributed by atoms with Gasteiger partial charge in [-0.3, -0.25) is 4.21 Å². The van der Waals surface area contributed by atoms with Crippen molar-refractivity contribution in [2.75, 3.05) is 0 Å². The van der Waals surface area contributed by atoms with Crippen LogP contribution in [-0.2, 0) is 28.9 Å². The van der Waals surface area contributed by atoms with Crippen molar-refractivity contribution < 1.29 is 8.60 Å². The molecule has 0 heterocycles. The van der Waals surface area contributed by atoms with Gasteiger partial charge in [0.05, 0.1) is 0 Å². The van der Waals surface area contributed by atoms with Crippen molar-refractivity contribution >= 4 is 10.8 Å². The predicted octanol–water partition coefficient (Wildman–Crippen LogP) is 3.04. The Morgan fingerprint density at radius 3 is 2.45 bits per heavy atom. The van der Waals surface area contributed by atoms with Gasteiger partial charge >= 0.3 is 0 Å². The second-order valence-electron chi connectivity index (χ2n) is 4.77. The molecule has 20 heavy (non-hydrogen) atoms. The molecule has 0 saturated carbocycles. The van der Waals surface area contributed by atoms with E-state index in [1.165, 1.54) is 12.1 Å². The van der Waals surface area contributed by atoms with E-state index in [-0.39, 0.29) is 5.82 Å². The van der Waals surface area contributed by atoms with Gasteiger partial charge in [0.25, 0.3) is 0 Å². The fourth-order valence-corrected chi connectivity index (χ4v) is 3.49. The molecule has 0 saturated heterocycles. The molecule has 0 aliphatic carbocycles. The van der Waals surface area contributed by atoms with Crippen molar-refractivity contribution in [3.8, 4) is 0 Å². The number of rotatable bonds is 5. The van der Waals surface area contributed by atoms with Gasteiger partial charge in [0, 0.05) is 28.9 Å². The van der Waals surface area contributed by atoms with Gasteiger partial charge in [-0.1, -0.05) is 30.3 Å². The van der Waals surface area contributed by atoms with Crippen molar-refractivity contribution in [1.29, 1.82) is 0 Å². The Morgan fingerprint density at radius 2 is 1.75 bits per heavy atom. The Labute approximate surface area is 121 Å². The van der Waals surface area contributed by atoms with E-state index in [0.29, 0.717) is 18.1 Å². The highest BCUT2D eigenvalue weighted by Crippen LogP contribution is 2.16. The van der Waals surface area contributed by atoms with Gasteiger partial charge in [-0.25, -0.2) is 4.39 Å². The fraction of sp³-hybridized carbons (Fsp3) is 0.250. The summed E-state index contributed by atoms with van der Waals surface area (Å²) in [5.74, 6) is 0.497. The Bertz CT molecular complexity index is 628. The van der Waals surface area contributed by atoms with Gasteiger partial charge in [-0.05, 0) is 41.3 Å². The van der Waals surface area contributed by atoms with Gasteiger partial charge in [-0.15, -0.1) is 0 Å². The molecule has 2 aromatic carbocycles. The highest BCUT2D eigenvalue weighted by molar-refractivity contribution is 7.83. The second-order valence-corrected chi connectivity index (χ2v) is 6.23. The summed E-state index contributed by atoms with van der Waals surface area (Å²) in [6.45, 7) is 2.33. The van der Waals surface area contributed by atoms with E-state index in [1.54, 1.807) is 6.07 Å². The Hall–Kier alpha value is -1.52. The van der Waals surface area contributed by atoms with Crippen LogP contribution in [0.4, 0.5) is 4.39 Å². The molecule has 2 rings (SSSR count). The van der Waals surface area contributed by atoms with Crippen molar-refractivity contribution in [3.05, 3.63) is 70.5 Å². The molecule has 1 unspecified atom stereocenters. The molecule has 0 spiro atoms. The zero-order valence-electron chi connectivity index (χ0n) is 11.4. The first-order chi connectivity index (χ1) is 9.60. The summed E-state index contributed by atoms with van der Waals surface area (Å²) < 4.78 is 25.5. The molecular formula is C16H18FNOS. The van der Waals surface area contributed by atoms with Crippen molar-refractivity contribution in [2.24, 2.45) is 5.73 Å². The van der Waals surface area contributed by atoms with E-state index in [9.17, 15) is 8.60 Å². The standard InChI is InChI=1S/C16H18FNOS/c1-12-4-2-3-5-14(12)10-20(19)11-15-8-16(17)7-6-13(15)9-18/h2-8H,9-11,18H2,1H3. The fourth-order valence-electron chi connectivity index (χ4n) is 2.10. The van der Waals surface area contributed by atoms with Crippen LogP contribution in [0.15, 0.2) is 42.5 Å². The van der Waals surface area contributed by atoms with Gasteiger partial charge in [0.1, 0.15) is 5.82 Å². The van der Waals surface area contributed by atoms with E-state index in [4.69, 9.17) is 5.73 Å². The SMILES string of the molecule is Cc1ccccc1CS(=O)Cc1cc(F)ccc1CN. The van der Waals surface area contributed by atoms with E-state index in [1.807, 2.05) is 31.2 Å². The normalized spacial score (nSPS) is 12.3. The highest BCUT2D eigenvalue weighted by atomic mass is 32.2. The van der Waals surface area contributed by atoms with Crippen LogP contribution in [0.2, 0.25) is 0 Å². The molecule has 4 heteroatoms. The summed E-state index contributed by atoms with van der Waals surface area (Å²) in [5, 5.41) is 0. The molecular weight excluding hydrogens is 273 g/mol. The number of aryl methyl sites for hydroxylation is 1. The Kier molecular flexibility index (Phi) is 5.04. The summed E-state index contributed by atoms with van der Waals surface area (Å²) in [6.07, 6.45) is 0. The molecule has 2 aromatic rings. The highest BCUT2D eigenvalue weighted by Gasteiger charge is 2.09. The zero-order chi connectivity index (χ0) is 14.5. The number of hydrogen-bond donors (Lipinski definition) is 1. The third-order valence-corrected chi connectivity index (χ3v) is 4.55. The van der Waals surface area contributed by atoms with Gasteiger partial charge in [0.15, 0.2) is 0 Å². The lowest BCUT2D eigenvalue weighted by atomic mass is 10.1. The minimum Gasteiger partial charge on any atom is -0.326 e. The lowest BCUT2D eigenvalue weighted by Crippen LogP contribution is -2.06. The monoisotopic (exact) mass is 291 g/mol. The summed E-state index contributed by atoms with van der Waals surface area (Å²) in [5.41, 5.74) is 9.41. The largest absolute Gasteiger partial charge is 0.326 e. The second kappa shape index (κ2) is 6.77. The first-order valence-corrected chi connectivity index (χ1v) is 7.96. The van der Waals surface area contributed by atoms with Crippen molar-refractivity contribution in [1.82, 2.24) is 0 Å². The van der Waals surface area contributed by atoms with Crippen LogP contribution >= 0.6 is 0 Å². The molecule has 0 radical (unpaired) electrons. The quantitative estimate of drug-likeness (QED) is 0.920. The maximum absolute atomic E-state index is 13.3.